The number of carbonyl (C=O) groups is 1. The Hall–Kier alpha value is -2.44. The second-order valence-electron chi connectivity index (χ2n) is 6.59. The van der Waals surface area contributed by atoms with Crippen molar-refractivity contribution in [3.8, 4) is 0 Å². The first-order chi connectivity index (χ1) is 11.8. The summed E-state index contributed by atoms with van der Waals surface area (Å²) in [6.07, 6.45) is 12.8. The minimum Gasteiger partial charge on any atom is -0.355 e. The van der Waals surface area contributed by atoms with E-state index in [0.29, 0.717) is 6.54 Å². The zero-order valence-electron chi connectivity index (χ0n) is 13.6. The number of rotatable bonds is 3. The fourth-order valence-corrected chi connectivity index (χ4v) is 3.66. The van der Waals surface area contributed by atoms with Crippen LogP contribution in [-0.2, 0) is 17.8 Å². The Morgan fingerprint density at radius 2 is 2.12 bits per heavy atom. The third-order valence-corrected chi connectivity index (χ3v) is 4.95. The molecule has 1 fully saturated rings. The van der Waals surface area contributed by atoms with Gasteiger partial charge in [-0.1, -0.05) is 0 Å². The maximum absolute atomic E-state index is 12.7. The highest BCUT2D eigenvalue weighted by atomic mass is 16.2. The van der Waals surface area contributed by atoms with Gasteiger partial charge in [-0.2, -0.15) is 0 Å². The van der Waals surface area contributed by atoms with Gasteiger partial charge in [-0.3, -0.25) is 9.78 Å². The minimum absolute atomic E-state index is 0.0185. The molecule has 2 aromatic heterocycles. The molecule has 126 valence electrons. The fraction of sp³-hybridized carbons (Fsp3) is 0.529. The zero-order chi connectivity index (χ0) is 16.4. The minimum atomic E-state index is 0.0185. The lowest BCUT2D eigenvalue weighted by molar-refractivity contribution is -0.126. The summed E-state index contributed by atoms with van der Waals surface area (Å²) in [5.74, 6) is 2.16. The Morgan fingerprint density at radius 3 is 3.00 bits per heavy atom. The van der Waals surface area contributed by atoms with Gasteiger partial charge in [0.2, 0.25) is 5.91 Å². The van der Waals surface area contributed by atoms with E-state index in [4.69, 9.17) is 0 Å². The van der Waals surface area contributed by atoms with Crippen LogP contribution < -0.4 is 10.2 Å². The molecule has 0 radical (unpaired) electrons. The lowest BCUT2D eigenvalue weighted by Crippen LogP contribution is -2.48. The van der Waals surface area contributed by atoms with Crippen LogP contribution in [0.15, 0.2) is 31.0 Å². The summed E-state index contributed by atoms with van der Waals surface area (Å²) in [5.41, 5.74) is 0. The predicted octanol–water partition coefficient (Wildman–Crippen LogP) is 1.02. The number of amides is 1. The van der Waals surface area contributed by atoms with E-state index in [1.165, 1.54) is 0 Å². The molecule has 7 nitrogen and oxygen atoms in total. The molecule has 2 aromatic rings. The maximum atomic E-state index is 12.7. The summed E-state index contributed by atoms with van der Waals surface area (Å²) in [4.78, 5) is 27.7. The monoisotopic (exact) mass is 326 g/mol. The standard InChI is InChI=1S/C17H22N6O/c24-17(21-14-3-4-15-20-7-9-23(15)12-14)13-2-1-8-22(11-13)16-10-18-5-6-19-16/h5-7,9-10,13-14H,1-4,8,11-12H2,(H,21,24). The lowest BCUT2D eigenvalue weighted by atomic mass is 9.96. The van der Waals surface area contributed by atoms with Crippen molar-refractivity contribution in [1.82, 2.24) is 24.8 Å². The predicted molar refractivity (Wildman–Crippen MR) is 89.4 cm³/mol. The van der Waals surface area contributed by atoms with Gasteiger partial charge in [0.15, 0.2) is 0 Å². The number of anilines is 1. The fourth-order valence-electron chi connectivity index (χ4n) is 3.66. The molecule has 0 aromatic carbocycles. The Balaban J connectivity index is 1.36. The van der Waals surface area contributed by atoms with Crippen molar-refractivity contribution in [1.29, 1.82) is 0 Å². The van der Waals surface area contributed by atoms with Crippen LogP contribution in [0, 0.1) is 5.92 Å². The van der Waals surface area contributed by atoms with E-state index in [1.54, 1.807) is 18.6 Å². The van der Waals surface area contributed by atoms with E-state index in [0.717, 1.165) is 50.4 Å². The van der Waals surface area contributed by atoms with Gasteiger partial charge in [0.05, 0.1) is 12.1 Å². The number of aromatic nitrogens is 4. The second-order valence-corrected chi connectivity index (χ2v) is 6.59. The van der Waals surface area contributed by atoms with Crippen molar-refractivity contribution in [3.05, 3.63) is 36.8 Å². The van der Waals surface area contributed by atoms with Crippen LogP contribution in [0.5, 0.6) is 0 Å². The van der Waals surface area contributed by atoms with Crippen LogP contribution in [-0.4, -0.2) is 44.6 Å². The first-order valence-electron chi connectivity index (χ1n) is 8.61. The van der Waals surface area contributed by atoms with Gasteiger partial charge >= 0.3 is 0 Å². The van der Waals surface area contributed by atoms with Gasteiger partial charge in [-0.15, -0.1) is 0 Å². The molecular weight excluding hydrogens is 304 g/mol. The smallest absolute Gasteiger partial charge is 0.225 e. The third kappa shape index (κ3) is 3.11. The van der Waals surface area contributed by atoms with Gasteiger partial charge in [-0.25, -0.2) is 9.97 Å². The molecule has 2 aliphatic rings. The van der Waals surface area contributed by atoms with Gasteiger partial charge in [0.25, 0.3) is 0 Å². The number of carbonyl (C=O) groups excluding carboxylic acids is 1. The van der Waals surface area contributed by atoms with E-state index in [1.807, 2.05) is 12.4 Å². The van der Waals surface area contributed by atoms with Crippen LogP contribution >= 0.6 is 0 Å². The van der Waals surface area contributed by atoms with Crippen LogP contribution in [0.4, 0.5) is 5.82 Å². The van der Waals surface area contributed by atoms with E-state index in [9.17, 15) is 4.79 Å². The molecule has 0 aliphatic carbocycles. The summed E-state index contributed by atoms with van der Waals surface area (Å²) in [7, 11) is 0. The normalized spacial score (nSPS) is 23.6. The number of fused-ring (bicyclic) bond motifs is 1. The molecule has 0 saturated carbocycles. The highest BCUT2D eigenvalue weighted by Crippen LogP contribution is 2.22. The number of piperidine rings is 1. The van der Waals surface area contributed by atoms with E-state index >= 15 is 0 Å². The summed E-state index contributed by atoms with van der Waals surface area (Å²) < 4.78 is 2.14. The van der Waals surface area contributed by atoms with Crippen LogP contribution in [0.2, 0.25) is 0 Å². The average Bonchev–Trinajstić information content (AvgIpc) is 3.10. The SMILES string of the molecule is O=C(NC1CCc2nccn2C1)C1CCCN(c2cnccn2)C1. The number of aryl methyl sites for hydroxylation is 1. The number of hydrogen-bond acceptors (Lipinski definition) is 5. The lowest BCUT2D eigenvalue weighted by Gasteiger charge is -2.34. The Kier molecular flexibility index (Phi) is 4.15. The van der Waals surface area contributed by atoms with Gasteiger partial charge in [-0.05, 0) is 19.3 Å². The second kappa shape index (κ2) is 6.59. The zero-order valence-corrected chi connectivity index (χ0v) is 13.6. The van der Waals surface area contributed by atoms with Crippen LogP contribution in [0.1, 0.15) is 25.1 Å². The first kappa shape index (κ1) is 15.1. The van der Waals surface area contributed by atoms with Crippen molar-refractivity contribution in [2.24, 2.45) is 5.92 Å². The molecule has 1 saturated heterocycles. The van der Waals surface area contributed by atoms with E-state index in [2.05, 4.69) is 29.7 Å². The molecule has 2 unspecified atom stereocenters. The molecular formula is C17H22N6O. The van der Waals surface area contributed by atoms with Crippen molar-refractivity contribution in [2.75, 3.05) is 18.0 Å². The summed E-state index contributed by atoms with van der Waals surface area (Å²) in [5, 5.41) is 3.24. The summed E-state index contributed by atoms with van der Waals surface area (Å²) in [6.45, 7) is 2.47. The third-order valence-electron chi connectivity index (χ3n) is 4.95. The number of hydrogen-bond donors (Lipinski definition) is 1. The van der Waals surface area contributed by atoms with E-state index < -0.39 is 0 Å². The van der Waals surface area contributed by atoms with Crippen molar-refractivity contribution >= 4 is 11.7 Å². The molecule has 2 atom stereocenters. The highest BCUT2D eigenvalue weighted by Gasteiger charge is 2.29. The molecule has 4 rings (SSSR count). The molecule has 0 bridgehead atoms. The summed E-state index contributed by atoms with van der Waals surface area (Å²) >= 11 is 0. The Labute approximate surface area is 141 Å². The Morgan fingerprint density at radius 1 is 1.17 bits per heavy atom. The molecule has 4 heterocycles. The van der Waals surface area contributed by atoms with Crippen LogP contribution in [0.25, 0.3) is 0 Å². The van der Waals surface area contributed by atoms with Gasteiger partial charge in [0, 0.05) is 56.9 Å². The molecule has 0 spiro atoms. The van der Waals surface area contributed by atoms with Crippen molar-refractivity contribution in [3.63, 3.8) is 0 Å². The molecule has 2 aliphatic heterocycles. The number of nitrogens with zero attached hydrogens (tertiary/aromatic N) is 5. The average molecular weight is 326 g/mol. The molecule has 7 heteroatoms. The summed E-state index contributed by atoms with van der Waals surface area (Å²) in [6, 6.07) is 0.200. The number of nitrogens with one attached hydrogen (secondary N) is 1. The van der Waals surface area contributed by atoms with Crippen LogP contribution in [0.3, 0.4) is 0 Å². The molecule has 24 heavy (non-hydrogen) atoms. The van der Waals surface area contributed by atoms with Crippen molar-refractivity contribution in [2.45, 2.75) is 38.3 Å². The number of imidazole rings is 1. The highest BCUT2D eigenvalue weighted by molar-refractivity contribution is 5.79. The van der Waals surface area contributed by atoms with E-state index in [-0.39, 0.29) is 17.9 Å². The van der Waals surface area contributed by atoms with Gasteiger partial charge < -0.3 is 14.8 Å². The maximum Gasteiger partial charge on any atom is 0.225 e. The quantitative estimate of drug-likeness (QED) is 0.911. The molecule has 1 amide bonds. The largest absolute Gasteiger partial charge is 0.355 e. The van der Waals surface area contributed by atoms with Gasteiger partial charge in [0.1, 0.15) is 11.6 Å². The Bertz CT molecular complexity index is 700. The first-order valence-corrected chi connectivity index (χ1v) is 8.61. The topological polar surface area (TPSA) is 75.9 Å². The molecule has 1 N–H and O–H groups in total. The van der Waals surface area contributed by atoms with Crippen molar-refractivity contribution < 1.29 is 4.79 Å².